The number of nitrogens with zero attached hydrogens (tertiary/aromatic N) is 1. The second-order valence-electron chi connectivity index (χ2n) is 2.80. The van der Waals surface area contributed by atoms with Gasteiger partial charge in [0.1, 0.15) is 11.0 Å². The normalized spacial score (nSPS) is 15.5. The summed E-state index contributed by atoms with van der Waals surface area (Å²) in [4.78, 5) is 3.58. The topological polar surface area (TPSA) is 59.1 Å². The third-order valence-electron chi connectivity index (χ3n) is 1.71. The number of hydrogen-bond acceptors (Lipinski definition) is 3. The van der Waals surface area contributed by atoms with Crippen LogP contribution in [0.1, 0.15) is 18.5 Å². The average Bonchev–Trinajstić information content (AvgIpc) is 2.08. The molecule has 1 aromatic rings. The highest BCUT2D eigenvalue weighted by atomic mass is 35.5. The van der Waals surface area contributed by atoms with E-state index in [0.29, 0.717) is 5.56 Å². The predicted octanol–water partition coefficient (Wildman–Crippen LogP) is 1.25. The molecule has 0 aliphatic carbocycles. The fourth-order valence-corrected chi connectivity index (χ4v) is 1.16. The Morgan fingerprint density at radius 1 is 1.69 bits per heavy atom. The number of aliphatic hydroxyl groups excluding tert-OH is 1. The summed E-state index contributed by atoms with van der Waals surface area (Å²) in [6.45, 7) is 1.51. The Balaban J connectivity index is 3.05. The first-order chi connectivity index (χ1) is 6.02. The zero-order chi connectivity index (χ0) is 10.0. The smallest absolute Gasteiger partial charge is 0.141 e. The monoisotopic (exact) mass is 204 g/mol. The van der Waals surface area contributed by atoms with Gasteiger partial charge in [0.2, 0.25) is 0 Å². The molecule has 0 radical (unpaired) electrons. The molecule has 0 aliphatic heterocycles. The first-order valence-electron chi connectivity index (χ1n) is 3.77. The minimum atomic E-state index is -0.791. The van der Waals surface area contributed by atoms with Crippen molar-refractivity contribution in [3.05, 3.63) is 28.8 Å². The maximum absolute atomic E-state index is 12.7. The van der Waals surface area contributed by atoms with Crippen LogP contribution in [0.4, 0.5) is 4.39 Å². The molecule has 3 nitrogen and oxygen atoms in total. The Kier molecular flexibility index (Phi) is 3.19. The molecular weight excluding hydrogens is 195 g/mol. The second-order valence-corrected chi connectivity index (χ2v) is 3.16. The van der Waals surface area contributed by atoms with Crippen LogP contribution in [-0.2, 0) is 0 Å². The van der Waals surface area contributed by atoms with Gasteiger partial charge in [0.05, 0.1) is 18.3 Å². The van der Waals surface area contributed by atoms with Crippen LogP contribution in [0.15, 0.2) is 12.3 Å². The summed E-state index contributed by atoms with van der Waals surface area (Å²) >= 11 is 5.67. The Bertz CT molecular complexity index is 306. The zero-order valence-electron chi connectivity index (χ0n) is 7.04. The highest BCUT2D eigenvalue weighted by Crippen LogP contribution is 2.22. The van der Waals surface area contributed by atoms with Gasteiger partial charge in [-0.3, -0.25) is 0 Å². The maximum Gasteiger partial charge on any atom is 0.141 e. The van der Waals surface area contributed by atoms with Crippen molar-refractivity contribution in [2.75, 3.05) is 0 Å². The Hall–Kier alpha value is -0.710. The Morgan fingerprint density at radius 2 is 2.31 bits per heavy atom. The van der Waals surface area contributed by atoms with Gasteiger partial charge in [-0.1, -0.05) is 11.6 Å². The fourth-order valence-electron chi connectivity index (χ4n) is 0.932. The number of aromatic nitrogens is 1. The van der Waals surface area contributed by atoms with Crippen LogP contribution in [0.25, 0.3) is 0 Å². The second kappa shape index (κ2) is 4.00. The molecule has 0 bridgehead atoms. The largest absolute Gasteiger partial charge is 0.391 e. The van der Waals surface area contributed by atoms with Crippen molar-refractivity contribution in [2.24, 2.45) is 5.73 Å². The number of hydrogen-bond donors (Lipinski definition) is 2. The number of pyridine rings is 1. The van der Waals surface area contributed by atoms with E-state index in [4.69, 9.17) is 22.4 Å². The lowest BCUT2D eigenvalue weighted by atomic mass is 10.1. The summed E-state index contributed by atoms with van der Waals surface area (Å²) < 4.78 is 12.7. The van der Waals surface area contributed by atoms with E-state index < -0.39 is 18.0 Å². The highest BCUT2D eigenvalue weighted by molar-refractivity contribution is 6.30. The van der Waals surface area contributed by atoms with Crippen molar-refractivity contribution in [3.63, 3.8) is 0 Å². The van der Waals surface area contributed by atoms with Crippen molar-refractivity contribution in [1.82, 2.24) is 4.98 Å². The number of rotatable bonds is 2. The van der Waals surface area contributed by atoms with E-state index in [1.54, 1.807) is 0 Å². The van der Waals surface area contributed by atoms with E-state index in [1.165, 1.54) is 13.0 Å². The van der Waals surface area contributed by atoms with E-state index in [1.807, 2.05) is 0 Å². The average molecular weight is 205 g/mol. The van der Waals surface area contributed by atoms with Gasteiger partial charge < -0.3 is 10.8 Å². The molecule has 0 saturated heterocycles. The quantitative estimate of drug-likeness (QED) is 0.713. The lowest BCUT2D eigenvalue weighted by Gasteiger charge is -2.15. The molecule has 0 saturated carbocycles. The van der Waals surface area contributed by atoms with E-state index in [-0.39, 0.29) is 5.15 Å². The van der Waals surface area contributed by atoms with Gasteiger partial charge in [0, 0.05) is 5.56 Å². The Labute approximate surface area is 80.3 Å². The molecule has 13 heavy (non-hydrogen) atoms. The molecule has 5 heteroatoms. The molecule has 0 unspecified atom stereocenters. The van der Waals surface area contributed by atoms with Crippen LogP contribution in [-0.4, -0.2) is 16.2 Å². The van der Waals surface area contributed by atoms with E-state index >= 15 is 0 Å². The van der Waals surface area contributed by atoms with Gasteiger partial charge in [-0.2, -0.15) is 0 Å². The van der Waals surface area contributed by atoms with Gasteiger partial charge >= 0.3 is 0 Å². The number of halogens is 2. The lowest BCUT2D eigenvalue weighted by Crippen LogP contribution is -2.23. The zero-order valence-corrected chi connectivity index (χ0v) is 7.79. The van der Waals surface area contributed by atoms with Crippen molar-refractivity contribution in [3.8, 4) is 0 Å². The van der Waals surface area contributed by atoms with Crippen molar-refractivity contribution in [1.29, 1.82) is 0 Å². The van der Waals surface area contributed by atoms with Gasteiger partial charge in [0.15, 0.2) is 0 Å². The molecule has 0 aromatic carbocycles. The van der Waals surface area contributed by atoms with Gasteiger partial charge in [-0.15, -0.1) is 0 Å². The standard InChI is InChI=1S/C8H10ClFN2O/c1-4(13)7(11)6-2-5(10)3-12-8(6)9/h2-4,7,13H,11H2,1H3/t4-,7+/m0/s1. The molecule has 72 valence electrons. The van der Waals surface area contributed by atoms with Crippen LogP contribution in [0.5, 0.6) is 0 Å². The van der Waals surface area contributed by atoms with Crippen LogP contribution in [0, 0.1) is 5.82 Å². The van der Waals surface area contributed by atoms with E-state index in [2.05, 4.69) is 4.98 Å². The predicted molar refractivity (Wildman–Crippen MR) is 47.8 cm³/mol. The van der Waals surface area contributed by atoms with Crippen molar-refractivity contribution in [2.45, 2.75) is 19.1 Å². The SMILES string of the molecule is C[C@H](O)[C@@H](N)c1cc(F)cnc1Cl. The summed E-state index contributed by atoms with van der Waals surface area (Å²) in [5, 5.41) is 9.28. The molecule has 0 spiro atoms. The van der Waals surface area contributed by atoms with E-state index in [0.717, 1.165) is 6.20 Å². The van der Waals surface area contributed by atoms with Crippen molar-refractivity contribution < 1.29 is 9.50 Å². The maximum atomic E-state index is 12.7. The molecule has 2 atom stereocenters. The Morgan fingerprint density at radius 3 is 2.85 bits per heavy atom. The van der Waals surface area contributed by atoms with Crippen LogP contribution < -0.4 is 5.73 Å². The van der Waals surface area contributed by atoms with E-state index in [9.17, 15) is 4.39 Å². The summed E-state index contributed by atoms with van der Waals surface area (Å²) in [5.74, 6) is -0.518. The number of nitrogens with two attached hydrogens (primary N) is 1. The van der Waals surface area contributed by atoms with Crippen LogP contribution in [0.2, 0.25) is 5.15 Å². The number of aliphatic hydroxyl groups is 1. The van der Waals surface area contributed by atoms with Crippen LogP contribution >= 0.6 is 11.6 Å². The lowest BCUT2D eigenvalue weighted by molar-refractivity contribution is 0.164. The third kappa shape index (κ3) is 2.37. The summed E-state index contributed by atoms with van der Waals surface area (Å²) in [7, 11) is 0. The minimum absolute atomic E-state index is 0.120. The summed E-state index contributed by atoms with van der Waals surface area (Å²) in [6, 6.07) is 0.461. The third-order valence-corrected chi connectivity index (χ3v) is 2.03. The molecule has 1 heterocycles. The molecule has 1 rings (SSSR count). The first-order valence-corrected chi connectivity index (χ1v) is 4.14. The van der Waals surface area contributed by atoms with Gasteiger partial charge in [-0.05, 0) is 13.0 Å². The fraction of sp³-hybridized carbons (Fsp3) is 0.375. The van der Waals surface area contributed by atoms with Crippen molar-refractivity contribution >= 4 is 11.6 Å². The molecule has 0 amide bonds. The molecule has 0 aliphatic rings. The molecule has 1 aromatic heterocycles. The highest BCUT2D eigenvalue weighted by Gasteiger charge is 2.16. The molecule has 3 N–H and O–H groups in total. The minimum Gasteiger partial charge on any atom is -0.391 e. The first kappa shape index (κ1) is 10.4. The summed E-state index contributed by atoms with van der Waals surface area (Å²) in [5.41, 5.74) is 5.88. The van der Waals surface area contributed by atoms with Crippen LogP contribution in [0.3, 0.4) is 0 Å². The summed E-state index contributed by atoms with van der Waals surface area (Å²) in [6.07, 6.45) is 0.210. The molecule has 0 fully saturated rings. The molecular formula is C8H10ClFN2O. The van der Waals surface area contributed by atoms with Gasteiger partial charge in [-0.25, -0.2) is 9.37 Å². The van der Waals surface area contributed by atoms with Gasteiger partial charge in [0.25, 0.3) is 0 Å².